The third-order valence-corrected chi connectivity index (χ3v) is 6.96. The number of hydrogen-bond acceptors (Lipinski definition) is 4. The Morgan fingerprint density at radius 1 is 1.15 bits per heavy atom. The maximum absolute atomic E-state index is 13.8. The van der Waals surface area contributed by atoms with Crippen molar-refractivity contribution in [1.82, 2.24) is 0 Å². The van der Waals surface area contributed by atoms with Crippen molar-refractivity contribution in [2.45, 2.75) is 71.4 Å². The summed E-state index contributed by atoms with van der Waals surface area (Å²) >= 11 is 0. The highest BCUT2D eigenvalue weighted by Crippen LogP contribution is 2.51. The standard InChI is InChI=1S/C28H36N2O3/c1-5-6-7-16-25(32)30-22-14-10-9-13-20(22)29-21-17-28(2,3)18-23(31)26(21)27(30)19-12-8-11-15-24(19)33-4/h8-15,23,26-27,31H,5-7,16-18H2,1-4H3/t23-,26-,27+/m0/s1. The zero-order valence-corrected chi connectivity index (χ0v) is 20.3. The molecule has 1 aliphatic carbocycles. The van der Waals surface area contributed by atoms with Crippen LogP contribution >= 0.6 is 0 Å². The van der Waals surface area contributed by atoms with Gasteiger partial charge >= 0.3 is 0 Å². The van der Waals surface area contributed by atoms with E-state index in [9.17, 15) is 9.90 Å². The van der Waals surface area contributed by atoms with Crippen molar-refractivity contribution >= 4 is 23.0 Å². The fourth-order valence-corrected chi connectivity index (χ4v) is 5.51. The van der Waals surface area contributed by atoms with E-state index in [1.165, 1.54) is 0 Å². The number of methoxy groups -OCH3 is 1. The topological polar surface area (TPSA) is 62.1 Å². The van der Waals surface area contributed by atoms with Crippen LogP contribution in [0.4, 0.5) is 11.4 Å². The zero-order chi connectivity index (χ0) is 23.6. The molecule has 2 aromatic rings. The van der Waals surface area contributed by atoms with E-state index in [4.69, 9.17) is 9.73 Å². The third-order valence-electron chi connectivity index (χ3n) is 6.96. The highest BCUT2D eigenvalue weighted by molar-refractivity contribution is 6.03. The molecule has 0 spiro atoms. The number of aliphatic hydroxyl groups excluding tert-OH is 1. The Kier molecular flexibility index (Phi) is 6.89. The van der Waals surface area contributed by atoms with E-state index in [2.05, 4.69) is 20.8 Å². The number of hydrogen-bond donors (Lipinski definition) is 1. The zero-order valence-electron chi connectivity index (χ0n) is 20.3. The van der Waals surface area contributed by atoms with Crippen LogP contribution in [0.3, 0.4) is 0 Å². The number of ether oxygens (including phenoxy) is 1. The molecular weight excluding hydrogens is 412 g/mol. The lowest BCUT2D eigenvalue weighted by atomic mass is 9.67. The van der Waals surface area contributed by atoms with E-state index in [1.54, 1.807) is 7.11 Å². The van der Waals surface area contributed by atoms with Crippen LogP contribution in [0.2, 0.25) is 0 Å². The minimum absolute atomic E-state index is 0.0602. The predicted molar refractivity (Wildman–Crippen MR) is 133 cm³/mol. The van der Waals surface area contributed by atoms with E-state index < -0.39 is 6.10 Å². The van der Waals surface area contributed by atoms with Gasteiger partial charge in [0.05, 0.1) is 30.6 Å². The second-order valence-electron chi connectivity index (χ2n) is 10.1. The number of rotatable bonds is 6. The Labute approximate surface area is 197 Å². The van der Waals surface area contributed by atoms with Gasteiger partial charge in [0, 0.05) is 23.6 Å². The second-order valence-corrected chi connectivity index (χ2v) is 10.1. The monoisotopic (exact) mass is 448 g/mol. The number of amides is 1. The summed E-state index contributed by atoms with van der Waals surface area (Å²) in [6, 6.07) is 15.4. The molecule has 0 saturated heterocycles. The lowest BCUT2D eigenvalue weighted by Gasteiger charge is -2.45. The molecule has 2 aliphatic rings. The normalized spacial score (nSPS) is 23.7. The Balaban J connectivity index is 1.92. The Morgan fingerprint density at radius 2 is 1.88 bits per heavy atom. The molecule has 1 heterocycles. The van der Waals surface area contributed by atoms with Crippen molar-refractivity contribution < 1.29 is 14.6 Å². The number of unbranched alkanes of at least 4 members (excludes halogenated alkanes) is 2. The van der Waals surface area contributed by atoms with Crippen LogP contribution < -0.4 is 9.64 Å². The van der Waals surface area contributed by atoms with Crippen molar-refractivity contribution in [3.63, 3.8) is 0 Å². The van der Waals surface area contributed by atoms with Crippen molar-refractivity contribution in [3.05, 3.63) is 54.1 Å². The van der Waals surface area contributed by atoms with E-state index in [0.717, 1.165) is 54.1 Å². The summed E-state index contributed by atoms with van der Waals surface area (Å²) in [5, 5.41) is 11.5. The minimum atomic E-state index is -0.609. The summed E-state index contributed by atoms with van der Waals surface area (Å²) in [5.41, 5.74) is 3.42. The van der Waals surface area contributed by atoms with Crippen LogP contribution in [0.5, 0.6) is 5.75 Å². The molecule has 3 atom stereocenters. The largest absolute Gasteiger partial charge is 0.496 e. The summed E-state index contributed by atoms with van der Waals surface area (Å²) < 4.78 is 5.75. The summed E-state index contributed by atoms with van der Waals surface area (Å²) in [6.07, 6.45) is 4.23. The molecule has 5 heteroatoms. The Hall–Kier alpha value is -2.66. The first-order valence-electron chi connectivity index (χ1n) is 12.2. The Morgan fingerprint density at radius 3 is 2.64 bits per heavy atom. The number of anilines is 1. The molecule has 1 N–H and O–H groups in total. The lowest BCUT2D eigenvalue weighted by molar-refractivity contribution is -0.119. The number of benzene rings is 2. The number of fused-ring (bicyclic) bond motifs is 2. The van der Waals surface area contributed by atoms with Crippen molar-refractivity contribution in [2.24, 2.45) is 16.3 Å². The van der Waals surface area contributed by atoms with Gasteiger partial charge in [0.1, 0.15) is 5.75 Å². The third kappa shape index (κ3) is 4.70. The number of para-hydroxylation sites is 3. The quantitative estimate of drug-likeness (QED) is 0.533. The summed E-state index contributed by atoms with van der Waals surface area (Å²) in [5.74, 6) is 0.502. The molecular formula is C28H36N2O3. The van der Waals surface area contributed by atoms with Crippen LogP contribution in [0, 0.1) is 11.3 Å². The number of aliphatic imine (C=N–C) groups is 1. The highest BCUT2D eigenvalue weighted by Gasteiger charge is 2.48. The fraction of sp³-hybridized carbons (Fsp3) is 0.500. The lowest BCUT2D eigenvalue weighted by Crippen LogP contribution is -2.49. The predicted octanol–water partition coefficient (Wildman–Crippen LogP) is 6.23. The summed E-state index contributed by atoms with van der Waals surface area (Å²) in [4.78, 5) is 20.8. The highest BCUT2D eigenvalue weighted by atomic mass is 16.5. The van der Waals surface area contributed by atoms with Gasteiger partial charge in [0.25, 0.3) is 0 Å². The van der Waals surface area contributed by atoms with Gasteiger partial charge in [-0.05, 0) is 42.9 Å². The fourth-order valence-electron chi connectivity index (χ4n) is 5.51. The Bertz CT molecular complexity index is 1030. The minimum Gasteiger partial charge on any atom is -0.496 e. The smallest absolute Gasteiger partial charge is 0.227 e. The van der Waals surface area contributed by atoms with Crippen LogP contribution in [0.15, 0.2) is 53.5 Å². The van der Waals surface area contributed by atoms with E-state index in [1.807, 2.05) is 53.4 Å². The van der Waals surface area contributed by atoms with Crippen molar-refractivity contribution in [3.8, 4) is 5.75 Å². The molecule has 33 heavy (non-hydrogen) atoms. The summed E-state index contributed by atoms with van der Waals surface area (Å²) in [7, 11) is 1.66. The van der Waals surface area contributed by atoms with E-state index >= 15 is 0 Å². The molecule has 0 radical (unpaired) electrons. The van der Waals surface area contributed by atoms with Crippen LogP contribution in [-0.4, -0.2) is 29.9 Å². The van der Waals surface area contributed by atoms with Gasteiger partial charge in [-0.25, -0.2) is 0 Å². The first kappa shape index (κ1) is 23.5. The molecule has 5 nitrogen and oxygen atoms in total. The first-order chi connectivity index (χ1) is 15.9. The van der Waals surface area contributed by atoms with Gasteiger partial charge in [0.15, 0.2) is 0 Å². The van der Waals surface area contributed by atoms with Gasteiger partial charge in [-0.2, -0.15) is 0 Å². The molecule has 1 fully saturated rings. The van der Waals surface area contributed by atoms with Gasteiger partial charge in [-0.15, -0.1) is 0 Å². The van der Waals surface area contributed by atoms with Gasteiger partial charge in [0.2, 0.25) is 5.91 Å². The molecule has 176 valence electrons. The second kappa shape index (κ2) is 9.68. The van der Waals surface area contributed by atoms with Crippen LogP contribution in [-0.2, 0) is 4.79 Å². The maximum Gasteiger partial charge on any atom is 0.227 e. The molecule has 1 amide bonds. The average Bonchev–Trinajstić information content (AvgIpc) is 2.92. The number of aliphatic hydroxyl groups is 1. The summed E-state index contributed by atoms with van der Waals surface area (Å²) in [6.45, 7) is 6.50. The molecule has 2 aromatic carbocycles. The van der Waals surface area contributed by atoms with Gasteiger partial charge in [-0.3, -0.25) is 9.79 Å². The molecule has 1 aliphatic heterocycles. The van der Waals surface area contributed by atoms with E-state index in [-0.39, 0.29) is 23.3 Å². The maximum atomic E-state index is 13.8. The number of carbonyl (C=O) groups excluding carboxylic acids is 1. The molecule has 1 saturated carbocycles. The first-order valence-corrected chi connectivity index (χ1v) is 12.2. The van der Waals surface area contributed by atoms with Crippen LogP contribution in [0.1, 0.15) is 70.9 Å². The number of carbonyl (C=O) groups is 1. The molecule has 0 aromatic heterocycles. The van der Waals surface area contributed by atoms with Crippen molar-refractivity contribution in [2.75, 3.05) is 12.0 Å². The molecule has 4 rings (SSSR count). The number of nitrogens with zero attached hydrogens (tertiary/aromatic N) is 2. The van der Waals surface area contributed by atoms with Crippen molar-refractivity contribution in [1.29, 1.82) is 0 Å². The van der Waals surface area contributed by atoms with Crippen LogP contribution in [0.25, 0.3) is 0 Å². The van der Waals surface area contributed by atoms with E-state index in [0.29, 0.717) is 12.8 Å². The average molecular weight is 449 g/mol. The van der Waals surface area contributed by atoms with Gasteiger partial charge in [-0.1, -0.05) is 63.9 Å². The molecule has 0 unspecified atom stereocenters. The SMILES string of the molecule is CCCCCC(=O)N1c2ccccc2N=C2CC(C)(C)C[C@H](O)[C@H]2[C@H]1c1ccccc1OC. The van der Waals surface area contributed by atoms with Gasteiger partial charge < -0.3 is 14.7 Å². The molecule has 0 bridgehead atoms.